The maximum absolute atomic E-state index is 12.9. The van der Waals surface area contributed by atoms with E-state index in [-0.39, 0.29) is 23.8 Å². The van der Waals surface area contributed by atoms with Crippen LogP contribution in [0, 0.1) is 0 Å². The second kappa shape index (κ2) is 12.4. The number of nitrogens with one attached hydrogen (secondary N) is 3. The van der Waals surface area contributed by atoms with Gasteiger partial charge in [0.25, 0.3) is 0 Å². The van der Waals surface area contributed by atoms with Crippen LogP contribution in [0.4, 0.5) is 35.4 Å². The Labute approximate surface area is 247 Å². The molecule has 2 aromatic heterocycles. The molecule has 1 saturated heterocycles. The molecule has 1 aliphatic heterocycles. The number of aromatic nitrogens is 4. The van der Waals surface area contributed by atoms with Crippen LogP contribution in [-0.4, -0.2) is 68.0 Å². The highest BCUT2D eigenvalue weighted by Gasteiger charge is 2.33. The molecule has 0 bridgehead atoms. The van der Waals surface area contributed by atoms with Crippen LogP contribution in [0.5, 0.6) is 5.75 Å². The third-order valence-corrected chi connectivity index (χ3v) is 8.72. The Hall–Kier alpha value is -3.81. The second-order valence-electron chi connectivity index (χ2n) is 11.8. The van der Waals surface area contributed by atoms with Crippen LogP contribution in [0.15, 0.2) is 30.6 Å². The van der Waals surface area contributed by atoms with Crippen molar-refractivity contribution < 1.29 is 22.7 Å². The van der Waals surface area contributed by atoms with Gasteiger partial charge in [-0.05, 0) is 63.5 Å². The summed E-state index contributed by atoms with van der Waals surface area (Å²) in [4.78, 5) is 29.0. The largest absolute Gasteiger partial charge is 0.573 e. The number of urea groups is 1. The zero-order chi connectivity index (χ0) is 30.0. The number of nitrogens with two attached hydrogens (primary N) is 1. The summed E-state index contributed by atoms with van der Waals surface area (Å²) >= 11 is 0. The van der Waals surface area contributed by atoms with Crippen LogP contribution in [-0.2, 0) is 0 Å². The highest BCUT2D eigenvalue weighted by atomic mass is 19.4. The van der Waals surface area contributed by atoms with Crippen molar-refractivity contribution in [3.05, 3.63) is 30.6 Å². The number of amides is 2. The molecular weight excluding hydrogens is 563 g/mol. The first-order valence-electron chi connectivity index (χ1n) is 15.2. The lowest BCUT2D eigenvalue weighted by Crippen LogP contribution is -2.44. The summed E-state index contributed by atoms with van der Waals surface area (Å²) in [5, 5.41) is 9.67. The Morgan fingerprint density at radius 1 is 0.930 bits per heavy atom. The van der Waals surface area contributed by atoms with Crippen LogP contribution in [0.1, 0.15) is 70.3 Å². The lowest BCUT2D eigenvalue weighted by atomic mass is 9.92. The lowest BCUT2D eigenvalue weighted by Gasteiger charge is -2.33. The molecule has 3 aromatic rings. The van der Waals surface area contributed by atoms with Gasteiger partial charge in [0.2, 0.25) is 5.95 Å². The van der Waals surface area contributed by atoms with E-state index in [1.165, 1.54) is 37.1 Å². The molecule has 5 N–H and O–H groups in total. The zero-order valence-corrected chi connectivity index (χ0v) is 23.9. The van der Waals surface area contributed by atoms with Crippen molar-refractivity contribution in [3.8, 4) is 5.75 Å². The van der Waals surface area contributed by atoms with Gasteiger partial charge < -0.3 is 35.9 Å². The molecule has 1 aromatic carbocycles. The number of benzene rings is 1. The molecule has 11 nitrogen and oxygen atoms in total. The summed E-state index contributed by atoms with van der Waals surface area (Å²) in [5.41, 5.74) is 7.61. The SMILES string of the molecule is NC1CCC(Nc2nc(NC3CCN(C(=O)Nc4ccccc4OC(F)(F)F)CC3)c3ncn(C4CCCC4)c3n2)CC1. The van der Waals surface area contributed by atoms with Crippen molar-refractivity contribution in [2.75, 3.05) is 29.0 Å². The maximum Gasteiger partial charge on any atom is 0.573 e. The molecule has 6 rings (SSSR count). The molecule has 14 heteroatoms. The number of nitrogens with zero attached hydrogens (tertiary/aromatic N) is 5. The Morgan fingerprint density at radius 3 is 2.35 bits per heavy atom. The van der Waals surface area contributed by atoms with E-state index in [2.05, 4.69) is 25.3 Å². The normalized spacial score (nSPS) is 22.1. The minimum atomic E-state index is -4.86. The van der Waals surface area contributed by atoms with Gasteiger partial charge >= 0.3 is 12.4 Å². The molecule has 232 valence electrons. The van der Waals surface area contributed by atoms with Crippen LogP contribution >= 0.6 is 0 Å². The second-order valence-corrected chi connectivity index (χ2v) is 11.8. The van der Waals surface area contributed by atoms with Gasteiger partial charge in [0.15, 0.2) is 22.7 Å². The van der Waals surface area contributed by atoms with Gasteiger partial charge in [-0.15, -0.1) is 13.2 Å². The van der Waals surface area contributed by atoms with E-state index >= 15 is 0 Å². The van der Waals surface area contributed by atoms with Gasteiger partial charge in [0.1, 0.15) is 0 Å². The molecule has 3 aliphatic rings. The number of piperidine rings is 1. The van der Waals surface area contributed by atoms with Crippen molar-refractivity contribution in [1.82, 2.24) is 24.4 Å². The molecule has 43 heavy (non-hydrogen) atoms. The van der Waals surface area contributed by atoms with E-state index in [0.29, 0.717) is 43.7 Å². The number of alkyl halides is 3. The minimum absolute atomic E-state index is 0.0279. The molecule has 0 unspecified atom stereocenters. The van der Waals surface area contributed by atoms with Gasteiger partial charge in [-0.25, -0.2) is 9.78 Å². The van der Waals surface area contributed by atoms with E-state index in [1.807, 2.05) is 6.33 Å². The number of imidazole rings is 1. The molecule has 3 fully saturated rings. The molecule has 3 heterocycles. The van der Waals surface area contributed by atoms with Crippen LogP contribution in [0.25, 0.3) is 11.2 Å². The standard InChI is InChI=1S/C29H38F3N9O2/c30-29(31,32)43-23-8-4-3-7-22(23)37-28(42)40-15-13-20(14-16-40)35-25-24-26(41(17-34-24)21-5-1-2-6-21)39-27(38-25)36-19-11-9-18(33)10-12-19/h3-4,7-8,17-21H,1-2,5-6,9-16,33H2,(H,37,42)(H2,35,36,38,39). The monoisotopic (exact) mass is 601 g/mol. The molecule has 2 aliphatic carbocycles. The topological polar surface area (TPSA) is 135 Å². The van der Waals surface area contributed by atoms with Crippen LogP contribution < -0.4 is 26.4 Å². The third kappa shape index (κ3) is 7.06. The van der Waals surface area contributed by atoms with Gasteiger partial charge in [-0.1, -0.05) is 25.0 Å². The van der Waals surface area contributed by atoms with Crippen LogP contribution in [0.3, 0.4) is 0 Å². The predicted molar refractivity (Wildman–Crippen MR) is 157 cm³/mol. The molecule has 0 radical (unpaired) electrons. The predicted octanol–water partition coefficient (Wildman–Crippen LogP) is 5.63. The first-order chi connectivity index (χ1) is 20.7. The van der Waals surface area contributed by atoms with Crippen molar-refractivity contribution in [2.45, 2.75) is 94.7 Å². The Kier molecular flexibility index (Phi) is 8.46. The van der Waals surface area contributed by atoms with Crippen LogP contribution in [0.2, 0.25) is 0 Å². The smallest absolute Gasteiger partial charge is 0.404 e. The number of para-hydroxylation sites is 2. The summed E-state index contributed by atoms with van der Waals surface area (Å²) in [6, 6.07) is 5.95. The summed E-state index contributed by atoms with van der Waals surface area (Å²) < 4.78 is 44.6. The Balaban J connectivity index is 1.13. The van der Waals surface area contributed by atoms with Crippen molar-refractivity contribution in [1.29, 1.82) is 0 Å². The summed E-state index contributed by atoms with van der Waals surface area (Å²) in [5.74, 6) is 0.787. The quantitative estimate of drug-likeness (QED) is 0.274. The molecular formula is C29H38F3N9O2. The number of hydrogen-bond acceptors (Lipinski definition) is 8. The van der Waals surface area contributed by atoms with E-state index in [0.717, 1.165) is 49.7 Å². The number of likely N-dealkylation sites (tertiary alicyclic amines) is 1. The fourth-order valence-corrected chi connectivity index (χ4v) is 6.38. The number of rotatable bonds is 7. The van der Waals surface area contributed by atoms with E-state index in [9.17, 15) is 18.0 Å². The van der Waals surface area contributed by atoms with Gasteiger partial charge in [-0.3, -0.25) is 0 Å². The fourth-order valence-electron chi connectivity index (χ4n) is 6.38. The van der Waals surface area contributed by atoms with Gasteiger partial charge in [0.05, 0.1) is 12.0 Å². The number of anilines is 3. The van der Waals surface area contributed by atoms with Crippen molar-refractivity contribution >= 4 is 34.6 Å². The first-order valence-corrected chi connectivity index (χ1v) is 15.2. The first kappa shape index (κ1) is 29.3. The number of halogens is 3. The number of hydrogen-bond donors (Lipinski definition) is 4. The average molecular weight is 602 g/mol. The zero-order valence-electron chi connectivity index (χ0n) is 23.9. The summed E-state index contributed by atoms with van der Waals surface area (Å²) in [6.45, 7) is 0.841. The lowest BCUT2D eigenvalue weighted by molar-refractivity contribution is -0.274. The molecule has 0 atom stereocenters. The van der Waals surface area contributed by atoms with Gasteiger partial charge in [-0.2, -0.15) is 9.97 Å². The minimum Gasteiger partial charge on any atom is -0.404 e. The average Bonchev–Trinajstić information content (AvgIpc) is 3.65. The highest BCUT2D eigenvalue weighted by molar-refractivity contribution is 5.91. The van der Waals surface area contributed by atoms with E-state index in [4.69, 9.17) is 20.7 Å². The summed E-state index contributed by atoms with van der Waals surface area (Å²) in [6.07, 6.45) is 6.77. The fraction of sp³-hybridized carbons (Fsp3) is 0.586. The molecule has 2 saturated carbocycles. The number of fused-ring (bicyclic) bond motifs is 1. The number of carbonyl (C=O) groups is 1. The molecule has 2 amide bonds. The van der Waals surface area contributed by atoms with Crippen molar-refractivity contribution in [2.24, 2.45) is 5.73 Å². The molecule has 0 spiro atoms. The van der Waals surface area contributed by atoms with Gasteiger partial charge in [0, 0.05) is 37.3 Å². The summed E-state index contributed by atoms with van der Waals surface area (Å²) in [7, 11) is 0. The van der Waals surface area contributed by atoms with E-state index in [1.54, 1.807) is 4.90 Å². The van der Waals surface area contributed by atoms with Crippen molar-refractivity contribution in [3.63, 3.8) is 0 Å². The maximum atomic E-state index is 12.9. The number of ether oxygens (including phenoxy) is 1. The third-order valence-electron chi connectivity index (χ3n) is 8.72. The van der Waals surface area contributed by atoms with E-state index < -0.39 is 18.1 Å². The number of carbonyl (C=O) groups excluding carboxylic acids is 1. The Morgan fingerprint density at radius 2 is 1.63 bits per heavy atom. The highest BCUT2D eigenvalue weighted by Crippen LogP contribution is 2.34. The Bertz CT molecular complexity index is 1410.